The molecule has 6 rings (SSSR count). The van der Waals surface area contributed by atoms with Crippen LogP contribution in [0.2, 0.25) is 5.02 Å². The molecule has 1 atom stereocenters. The van der Waals surface area contributed by atoms with Gasteiger partial charge in [0.15, 0.2) is 0 Å². The highest BCUT2D eigenvalue weighted by atomic mass is 35.5. The van der Waals surface area contributed by atoms with Gasteiger partial charge in [0, 0.05) is 34.3 Å². The van der Waals surface area contributed by atoms with E-state index >= 15 is 0 Å². The van der Waals surface area contributed by atoms with E-state index in [0.29, 0.717) is 0 Å². The Morgan fingerprint density at radius 2 is 1.62 bits per heavy atom. The van der Waals surface area contributed by atoms with Crippen molar-refractivity contribution >= 4 is 22.9 Å². The maximum Gasteiger partial charge on any atom is 0.0449 e. The second kappa shape index (κ2) is 9.37. The Kier molecular flexibility index (Phi) is 6.16. The van der Waals surface area contributed by atoms with Crippen LogP contribution in [0.25, 0.3) is 5.57 Å². The molecule has 1 nitrogen and oxygen atoms in total. The number of nitrogens with zero attached hydrogens (tertiary/aromatic N) is 1. The number of benzene rings is 3. The minimum atomic E-state index is -0.0579. The van der Waals surface area contributed by atoms with Crippen LogP contribution in [-0.2, 0) is 17.3 Å². The molecule has 1 heterocycles. The predicted molar refractivity (Wildman–Crippen MR) is 158 cm³/mol. The van der Waals surface area contributed by atoms with Gasteiger partial charge in [0.25, 0.3) is 0 Å². The van der Waals surface area contributed by atoms with Gasteiger partial charge >= 0.3 is 0 Å². The quantitative estimate of drug-likeness (QED) is 0.341. The van der Waals surface area contributed by atoms with Crippen molar-refractivity contribution in [2.24, 2.45) is 0 Å². The number of likely N-dealkylation sites (N-methyl/N-ethyl adjacent to an activating group) is 1. The smallest absolute Gasteiger partial charge is 0.0449 e. The Morgan fingerprint density at radius 3 is 2.41 bits per heavy atom. The molecule has 1 unspecified atom stereocenters. The van der Waals surface area contributed by atoms with E-state index in [-0.39, 0.29) is 10.8 Å². The Labute approximate surface area is 227 Å². The van der Waals surface area contributed by atoms with Gasteiger partial charge in [-0.05, 0) is 83.9 Å². The van der Waals surface area contributed by atoms with Gasteiger partial charge in [0.05, 0.1) is 0 Å². The van der Waals surface area contributed by atoms with Gasteiger partial charge in [0.1, 0.15) is 0 Å². The Morgan fingerprint density at radius 1 is 0.892 bits per heavy atom. The third kappa shape index (κ3) is 3.91. The lowest BCUT2D eigenvalue weighted by atomic mass is 9.68. The number of hydrogen-bond acceptors (Lipinski definition) is 1. The van der Waals surface area contributed by atoms with Crippen LogP contribution in [0.3, 0.4) is 0 Å². The summed E-state index contributed by atoms with van der Waals surface area (Å²) < 4.78 is 0. The van der Waals surface area contributed by atoms with E-state index in [1.807, 2.05) is 6.07 Å². The molecule has 0 bridgehead atoms. The van der Waals surface area contributed by atoms with Gasteiger partial charge in [-0.1, -0.05) is 105 Å². The van der Waals surface area contributed by atoms with Crippen molar-refractivity contribution in [1.82, 2.24) is 0 Å². The van der Waals surface area contributed by atoms with Crippen molar-refractivity contribution in [3.63, 3.8) is 0 Å². The molecule has 1 aliphatic heterocycles. The summed E-state index contributed by atoms with van der Waals surface area (Å²) in [4.78, 5) is 2.41. The molecule has 1 spiro atoms. The minimum Gasteiger partial charge on any atom is -0.347 e. The monoisotopic (exact) mass is 505 g/mol. The van der Waals surface area contributed by atoms with Crippen molar-refractivity contribution < 1.29 is 0 Å². The molecule has 3 aromatic rings. The zero-order valence-corrected chi connectivity index (χ0v) is 23.0. The molecule has 2 aliphatic carbocycles. The van der Waals surface area contributed by atoms with Gasteiger partial charge in [-0.2, -0.15) is 0 Å². The van der Waals surface area contributed by atoms with Crippen LogP contribution in [-0.4, -0.2) is 7.05 Å². The van der Waals surface area contributed by atoms with Crippen LogP contribution < -0.4 is 4.90 Å². The van der Waals surface area contributed by atoms with E-state index in [4.69, 9.17) is 11.6 Å². The lowest BCUT2D eigenvalue weighted by molar-refractivity contribution is 0.347. The molecule has 2 heteroatoms. The van der Waals surface area contributed by atoms with E-state index in [0.717, 1.165) is 11.4 Å². The fourth-order valence-corrected chi connectivity index (χ4v) is 7.63. The fraction of sp³-hybridized carbons (Fsp3) is 0.314. The lowest BCUT2D eigenvalue weighted by Gasteiger charge is -2.36. The van der Waals surface area contributed by atoms with Crippen LogP contribution in [0.4, 0.5) is 5.69 Å². The third-order valence-electron chi connectivity index (χ3n) is 9.24. The van der Waals surface area contributed by atoms with Crippen molar-refractivity contribution in [2.75, 3.05) is 11.9 Å². The zero-order chi connectivity index (χ0) is 25.6. The second-order valence-electron chi connectivity index (χ2n) is 11.4. The number of anilines is 1. The summed E-state index contributed by atoms with van der Waals surface area (Å²) in [7, 11) is 2.23. The molecule has 0 amide bonds. The number of fused-ring (bicyclic) bond motifs is 3. The maximum atomic E-state index is 6.51. The standard InChI is InChI=1S/C35H36ClN/c1-25-28-15-8-9-16-30(28)34(2,24-26-13-6-4-7-14-26)29(25)17-12-18-33-35(21-10-5-11-22-35)31-23-27(36)19-20-32(31)37(33)3/h4,6-9,12-20,23H,5,10-11,21-22,24H2,1-3H3/b17-12+,33-18+. The molecule has 3 aromatic carbocycles. The summed E-state index contributed by atoms with van der Waals surface area (Å²) in [6.45, 7) is 4.72. The normalized spacial score (nSPS) is 23.4. The maximum absolute atomic E-state index is 6.51. The molecule has 37 heavy (non-hydrogen) atoms. The Bertz CT molecular complexity index is 1420. The van der Waals surface area contributed by atoms with E-state index in [1.165, 1.54) is 76.9 Å². The molecule has 0 saturated heterocycles. The molecule has 1 saturated carbocycles. The first-order valence-corrected chi connectivity index (χ1v) is 14.1. The first kappa shape index (κ1) is 24.3. The highest BCUT2D eigenvalue weighted by Gasteiger charge is 2.46. The molecular formula is C35H36ClN. The Balaban J connectivity index is 1.41. The van der Waals surface area contributed by atoms with Gasteiger partial charge in [-0.3, -0.25) is 0 Å². The summed E-state index contributed by atoms with van der Waals surface area (Å²) >= 11 is 6.51. The summed E-state index contributed by atoms with van der Waals surface area (Å²) in [6, 6.07) is 26.3. The number of halogens is 1. The SMILES string of the molecule is CC1=C(/C=C/C=C2/N(C)c3ccc(Cl)cc3C23CCCCC3)C(C)(Cc2ccccc2)c2ccccc21. The van der Waals surface area contributed by atoms with Crippen LogP contribution in [0, 0.1) is 0 Å². The largest absolute Gasteiger partial charge is 0.347 e. The first-order chi connectivity index (χ1) is 17.9. The summed E-state index contributed by atoms with van der Waals surface area (Å²) in [5, 5.41) is 0.843. The van der Waals surface area contributed by atoms with Crippen LogP contribution >= 0.6 is 11.6 Å². The first-order valence-electron chi connectivity index (χ1n) is 13.7. The van der Waals surface area contributed by atoms with Crippen molar-refractivity contribution in [3.05, 3.63) is 130 Å². The average molecular weight is 506 g/mol. The summed E-state index contributed by atoms with van der Waals surface area (Å²) in [5.41, 5.74) is 11.2. The van der Waals surface area contributed by atoms with Crippen LogP contribution in [0.15, 0.2) is 102 Å². The summed E-state index contributed by atoms with van der Waals surface area (Å²) in [5.74, 6) is 0. The highest BCUT2D eigenvalue weighted by Crippen LogP contribution is 2.55. The van der Waals surface area contributed by atoms with E-state index < -0.39 is 0 Å². The fourth-order valence-electron chi connectivity index (χ4n) is 7.46. The van der Waals surface area contributed by atoms with E-state index in [2.05, 4.69) is 111 Å². The zero-order valence-electron chi connectivity index (χ0n) is 22.2. The third-order valence-corrected chi connectivity index (χ3v) is 9.47. The van der Waals surface area contributed by atoms with E-state index in [9.17, 15) is 0 Å². The van der Waals surface area contributed by atoms with Gasteiger partial charge in [-0.25, -0.2) is 0 Å². The van der Waals surface area contributed by atoms with Crippen molar-refractivity contribution in [2.45, 2.75) is 63.2 Å². The molecule has 1 fully saturated rings. The van der Waals surface area contributed by atoms with Crippen LogP contribution in [0.5, 0.6) is 0 Å². The van der Waals surface area contributed by atoms with Crippen molar-refractivity contribution in [1.29, 1.82) is 0 Å². The van der Waals surface area contributed by atoms with E-state index in [1.54, 1.807) is 0 Å². The summed E-state index contributed by atoms with van der Waals surface area (Å²) in [6.07, 6.45) is 14.4. The molecule has 0 radical (unpaired) electrons. The molecule has 0 aromatic heterocycles. The number of allylic oxidation sites excluding steroid dienone is 6. The predicted octanol–water partition coefficient (Wildman–Crippen LogP) is 9.42. The Hall–Kier alpha value is -3.03. The lowest BCUT2D eigenvalue weighted by Crippen LogP contribution is -2.31. The molecule has 3 aliphatic rings. The second-order valence-corrected chi connectivity index (χ2v) is 11.8. The molecular weight excluding hydrogens is 470 g/mol. The molecule has 0 N–H and O–H groups in total. The van der Waals surface area contributed by atoms with Gasteiger partial charge in [0.2, 0.25) is 0 Å². The number of hydrogen-bond donors (Lipinski definition) is 0. The number of rotatable bonds is 4. The topological polar surface area (TPSA) is 3.24 Å². The molecule has 188 valence electrons. The highest BCUT2D eigenvalue weighted by molar-refractivity contribution is 6.30. The average Bonchev–Trinajstić information content (AvgIpc) is 3.26. The van der Waals surface area contributed by atoms with Gasteiger partial charge < -0.3 is 4.90 Å². The van der Waals surface area contributed by atoms with Crippen molar-refractivity contribution in [3.8, 4) is 0 Å². The van der Waals surface area contributed by atoms with Crippen LogP contribution in [0.1, 0.15) is 68.2 Å². The van der Waals surface area contributed by atoms with Gasteiger partial charge in [-0.15, -0.1) is 0 Å². The minimum absolute atomic E-state index is 0.0579.